The lowest BCUT2D eigenvalue weighted by Gasteiger charge is -2.64. The van der Waals surface area contributed by atoms with E-state index in [1.165, 1.54) is 18.4 Å². The van der Waals surface area contributed by atoms with Crippen LogP contribution in [0.25, 0.3) is 0 Å². The second kappa shape index (κ2) is 4.94. The summed E-state index contributed by atoms with van der Waals surface area (Å²) in [6.07, 6.45) is 6.09. The molecule has 5 atom stereocenters. The third kappa shape index (κ3) is 1.68. The molecule has 3 aliphatic carbocycles. The van der Waals surface area contributed by atoms with E-state index in [4.69, 9.17) is 4.74 Å². The molecule has 1 aromatic rings. The van der Waals surface area contributed by atoms with Gasteiger partial charge >= 0.3 is 0 Å². The molecule has 3 fully saturated rings. The number of nitrogens with zero attached hydrogens (tertiary/aromatic N) is 1. The molecule has 140 valence electrons. The average Bonchev–Trinajstić information content (AvgIpc) is 3.37. The Bertz CT molecular complexity index is 779. The van der Waals surface area contributed by atoms with Crippen molar-refractivity contribution in [1.82, 2.24) is 10.2 Å². The van der Waals surface area contributed by atoms with Crippen LogP contribution in [0.5, 0.6) is 11.5 Å². The Balaban J connectivity index is 1.55. The number of phenols is 1. The van der Waals surface area contributed by atoms with Gasteiger partial charge in [0.05, 0.1) is 11.0 Å². The first-order valence-corrected chi connectivity index (χ1v) is 10.2. The summed E-state index contributed by atoms with van der Waals surface area (Å²) >= 11 is 0. The Labute approximate surface area is 154 Å². The number of ether oxygens (including phenoxy) is 1. The van der Waals surface area contributed by atoms with E-state index >= 15 is 0 Å². The maximum absolute atomic E-state index is 12.2. The fourth-order valence-corrected chi connectivity index (χ4v) is 6.78. The van der Waals surface area contributed by atoms with Crippen LogP contribution in [0.4, 0.5) is 0 Å². The highest BCUT2D eigenvalue weighted by molar-refractivity contribution is 5.62. The molecule has 0 aromatic heterocycles. The highest BCUT2D eigenvalue weighted by atomic mass is 16.5. The Morgan fingerprint density at radius 3 is 2.88 bits per heavy atom. The maximum Gasteiger partial charge on any atom is 0.165 e. The zero-order chi connectivity index (χ0) is 17.7. The lowest BCUT2D eigenvalue weighted by Crippen LogP contribution is -2.78. The fourth-order valence-electron chi connectivity index (χ4n) is 6.78. The first kappa shape index (κ1) is 15.7. The summed E-state index contributed by atoms with van der Waals surface area (Å²) in [5.74, 6) is 1.69. The van der Waals surface area contributed by atoms with Gasteiger partial charge in [0.1, 0.15) is 6.10 Å². The molecule has 1 aromatic carbocycles. The molecule has 1 saturated heterocycles. The number of aromatic hydroxyl groups is 1. The van der Waals surface area contributed by atoms with Crippen molar-refractivity contribution in [2.75, 3.05) is 20.1 Å². The number of likely N-dealkylation sites (N-methyl/N-ethyl adjacent to an activating group) is 1. The monoisotopic (exact) mass is 356 g/mol. The summed E-state index contributed by atoms with van der Waals surface area (Å²) in [5.41, 5.74) is 1.25. The highest BCUT2D eigenvalue weighted by Gasteiger charge is 2.72. The summed E-state index contributed by atoms with van der Waals surface area (Å²) < 4.78 is 6.42. The van der Waals surface area contributed by atoms with Gasteiger partial charge in [-0.15, -0.1) is 0 Å². The molecular formula is C21H28N2O3. The van der Waals surface area contributed by atoms with Crippen LogP contribution in [0.1, 0.15) is 43.2 Å². The molecular weight excluding hydrogens is 328 g/mol. The van der Waals surface area contributed by atoms with E-state index < -0.39 is 5.60 Å². The molecule has 5 nitrogen and oxygen atoms in total. The Morgan fingerprint density at radius 2 is 2.12 bits per heavy atom. The van der Waals surface area contributed by atoms with Crippen LogP contribution in [0.15, 0.2) is 12.1 Å². The van der Waals surface area contributed by atoms with Crippen LogP contribution in [-0.2, 0) is 11.8 Å². The molecule has 2 heterocycles. The zero-order valence-electron chi connectivity index (χ0n) is 15.4. The first-order chi connectivity index (χ1) is 12.6. The number of nitrogens with one attached hydrogen (secondary N) is 1. The summed E-state index contributed by atoms with van der Waals surface area (Å²) in [7, 11) is 1.99. The number of hydrogen-bond donors (Lipinski definition) is 3. The van der Waals surface area contributed by atoms with Crippen molar-refractivity contribution in [3.05, 3.63) is 23.3 Å². The molecule has 0 radical (unpaired) electrons. The molecule has 2 aliphatic heterocycles. The molecule has 2 bridgehead atoms. The SMILES string of the molecule is CN[C@@H]1CCC2(O)[C@H]3Cc4ccc(O)c5c4[C@@]2(CCN3CC2CC2)[C@H]1O5. The molecule has 1 unspecified atom stereocenters. The van der Waals surface area contributed by atoms with Crippen molar-refractivity contribution in [2.45, 2.75) is 67.7 Å². The average molecular weight is 356 g/mol. The van der Waals surface area contributed by atoms with E-state index in [2.05, 4.69) is 16.3 Å². The van der Waals surface area contributed by atoms with Crippen LogP contribution in [0.2, 0.25) is 0 Å². The van der Waals surface area contributed by atoms with E-state index in [0.29, 0.717) is 5.75 Å². The van der Waals surface area contributed by atoms with Gasteiger partial charge in [-0.05, 0) is 69.7 Å². The maximum atomic E-state index is 12.2. The fraction of sp³-hybridized carbons (Fsp3) is 0.714. The third-order valence-corrected chi connectivity index (χ3v) is 8.13. The summed E-state index contributed by atoms with van der Waals surface area (Å²) in [6, 6.07) is 4.23. The molecule has 2 saturated carbocycles. The Kier molecular flexibility index (Phi) is 2.99. The minimum atomic E-state index is -0.760. The number of phenolic OH excluding ortho intramolecular Hbond substituents is 1. The van der Waals surface area contributed by atoms with E-state index in [-0.39, 0.29) is 29.4 Å². The second-order valence-corrected chi connectivity index (χ2v) is 9.22. The van der Waals surface area contributed by atoms with Crippen LogP contribution in [0, 0.1) is 5.92 Å². The number of benzene rings is 1. The van der Waals surface area contributed by atoms with Gasteiger partial charge in [0, 0.05) is 24.2 Å². The first-order valence-electron chi connectivity index (χ1n) is 10.2. The standard InChI is InChI=1S/C21H28N2O3/c1-22-14-6-7-21(25)16-10-13-4-5-15(24)18-17(13)20(21,19(14)26-18)8-9-23(16)11-12-2-3-12/h4-5,12,14,16,19,22,24-25H,2-3,6-11H2,1H3/t14-,16-,19+,20+,21?/m1/s1. The second-order valence-electron chi connectivity index (χ2n) is 9.22. The van der Waals surface area contributed by atoms with Crippen molar-refractivity contribution < 1.29 is 14.9 Å². The van der Waals surface area contributed by atoms with Gasteiger partial charge in [-0.25, -0.2) is 0 Å². The molecule has 5 heteroatoms. The largest absolute Gasteiger partial charge is 0.504 e. The van der Waals surface area contributed by atoms with Gasteiger partial charge in [0.15, 0.2) is 11.5 Å². The number of likely N-dealkylation sites (tertiary alicyclic amines) is 1. The lowest BCUT2D eigenvalue weighted by atomic mass is 9.48. The topological polar surface area (TPSA) is 65.0 Å². The Hall–Kier alpha value is -1.30. The van der Waals surface area contributed by atoms with Crippen LogP contribution in [0.3, 0.4) is 0 Å². The van der Waals surface area contributed by atoms with Gasteiger partial charge in [-0.2, -0.15) is 0 Å². The number of piperidine rings is 1. The minimum absolute atomic E-state index is 0.0980. The predicted octanol–water partition coefficient (Wildman–Crippen LogP) is 1.54. The number of rotatable bonds is 3. The zero-order valence-corrected chi connectivity index (χ0v) is 15.4. The number of hydrogen-bond acceptors (Lipinski definition) is 5. The minimum Gasteiger partial charge on any atom is -0.504 e. The quantitative estimate of drug-likeness (QED) is 0.767. The summed E-state index contributed by atoms with van der Waals surface area (Å²) in [4.78, 5) is 2.58. The predicted molar refractivity (Wildman–Crippen MR) is 97.6 cm³/mol. The van der Waals surface area contributed by atoms with Crippen molar-refractivity contribution in [1.29, 1.82) is 0 Å². The lowest BCUT2D eigenvalue weighted by molar-refractivity contribution is -0.191. The molecule has 26 heavy (non-hydrogen) atoms. The molecule has 3 N–H and O–H groups in total. The van der Waals surface area contributed by atoms with Crippen molar-refractivity contribution >= 4 is 0 Å². The van der Waals surface area contributed by atoms with E-state index in [1.807, 2.05) is 7.05 Å². The molecule has 5 aliphatic rings. The van der Waals surface area contributed by atoms with Crippen molar-refractivity contribution in [3.63, 3.8) is 0 Å². The van der Waals surface area contributed by atoms with E-state index in [9.17, 15) is 10.2 Å². The van der Waals surface area contributed by atoms with Crippen molar-refractivity contribution in [2.24, 2.45) is 5.92 Å². The Morgan fingerprint density at radius 1 is 1.27 bits per heavy atom. The third-order valence-electron chi connectivity index (χ3n) is 8.13. The van der Waals surface area contributed by atoms with Crippen LogP contribution >= 0.6 is 0 Å². The molecule has 1 spiro atoms. The van der Waals surface area contributed by atoms with Gasteiger partial charge in [0.25, 0.3) is 0 Å². The number of aliphatic hydroxyl groups is 1. The van der Waals surface area contributed by atoms with Crippen LogP contribution < -0.4 is 10.1 Å². The van der Waals surface area contributed by atoms with Gasteiger partial charge in [-0.3, -0.25) is 4.90 Å². The van der Waals surface area contributed by atoms with Gasteiger partial charge in [0.2, 0.25) is 0 Å². The van der Waals surface area contributed by atoms with E-state index in [1.54, 1.807) is 6.07 Å². The highest BCUT2D eigenvalue weighted by Crippen LogP contribution is 2.65. The molecule has 0 amide bonds. The summed E-state index contributed by atoms with van der Waals surface area (Å²) in [5, 5.41) is 26.1. The van der Waals surface area contributed by atoms with Gasteiger partial charge < -0.3 is 20.3 Å². The molecule has 6 rings (SSSR count). The van der Waals surface area contributed by atoms with Gasteiger partial charge in [-0.1, -0.05) is 6.07 Å². The normalized spacial score (nSPS) is 43.1. The van der Waals surface area contributed by atoms with Crippen molar-refractivity contribution in [3.8, 4) is 11.5 Å². The smallest absolute Gasteiger partial charge is 0.165 e. The summed E-state index contributed by atoms with van der Waals surface area (Å²) in [6.45, 7) is 2.15. The van der Waals surface area contributed by atoms with E-state index in [0.717, 1.165) is 50.3 Å². The van der Waals surface area contributed by atoms with Crippen LogP contribution in [-0.4, -0.2) is 59.0 Å².